The summed E-state index contributed by atoms with van der Waals surface area (Å²) in [4.78, 5) is 12.0. The van der Waals surface area contributed by atoms with Crippen molar-refractivity contribution in [3.05, 3.63) is 87.6 Å². The lowest BCUT2D eigenvalue weighted by atomic mass is 10.2. The Hall–Kier alpha value is -2.57. The molecular formula is C21H17BrClFN2O2. The number of hydrogen-bond acceptors (Lipinski definition) is 3. The topological polar surface area (TPSA) is 50.4 Å². The SMILES string of the molecule is O=C(COc1ccc(CNc2ccc(F)c(Cl)c2)cc1Br)Nc1ccccc1. The summed E-state index contributed by atoms with van der Waals surface area (Å²) in [6, 6.07) is 19.2. The Balaban J connectivity index is 1.53. The van der Waals surface area contributed by atoms with E-state index in [9.17, 15) is 9.18 Å². The van der Waals surface area contributed by atoms with Crippen molar-refractivity contribution in [1.82, 2.24) is 0 Å². The fourth-order valence-electron chi connectivity index (χ4n) is 2.44. The highest BCUT2D eigenvalue weighted by Crippen LogP contribution is 2.27. The fraction of sp³-hybridized carbons (Fsp3) is 0.0952. The molecule has 28 heavy (non-hydrogen) atoms. The maximum Gasteiger partial charge on any atom is 0.262 e. The quantitative estimate of drug-likeness (QED) is 0.461. The summed E-state index contributed by atoms with van der Waals surface area (Å²) in [6.45, 7) is 0.425. The van der Waals surface area contributed by atoms with Crippen molar-refractivity contribution in [1.29, 1.82) is 0 Å². The van der Waals surface area contributed by atoms with Gasteiger partial charge in [-0.05, 0) is 64.0 Å². The lowest BCUT2D eigenvalue weighted by molar-refractivity contribution is -0.118. The molecule has 0 atom stereocenters. The zero-order valence-electron chi connectivity index (χ0n) is 14.7. The minimum atomic E-state index is -0.451. The Morgan fingerprint density at radius 1 is 1.04 bits per heavy atom. The first-order valence-electron chi connectivity index (χ1n) is 8.46. The molecule has 0 bridgehead atoms. The van der Waals surface area contributed by atoms with Crippen LogP contribution in [0.5, 0.6) is 5.75 Å². The molecule has 0 aliphatic rings. The Kier molecular flexibility index (Phi) is 6.90. The maximum absolute atomic E-state index is 13.2. The highest BCUT2D eigenvalue weighted by atomic mass is 79.9. The first-order valence-corrected chi connectivity index (χ1v) is 9.63. The second kappa shape index (κ2) is 9.57. The molecule has 144 valence electrons. The van der Waals surface area contributed by atoms with Gasteiger partial charge in [0.1, 0.15) is 11.6 Å². The zero-order valence-corrected chi connectivity index (χ0v) is 17.1. The smallest absolute Gasteiger partial charge is 0.262 e. The summed E-state index contributed by atoms with van der Waals surface area (Å²) in [5.74, 6) is -0.124. The third-order valence-corrected chi connectivity index (χ3v) is 4.74. The van der Waals surface area contributed by atoms with Crippen LogP contribution in [0.3, 0.4) is 0 Å². The van der Waals surface area contributed by atoms with E-state index in [1.807, 2.05) is 42.5 Å². The molecular weight excluding hydrogens is 447 g/mol. The minimum absolute atomic E-state index is 0.0729. The van der Waals surface area contributed by atoms with Crippen molar-refractivity contribution >= 4 is 44.8 Å². The molecule has 0 saturated heterocycles. The number of benzene rings is 3. The Bertz CT molecular complexity index is 970. The number of halogens is 3. The summed E-state index contributed by atoms with van der Waals surface area (Å²) in [5, 5.41) is 6.01. The van der Waals surface area contributed by atoms with Gasteiger partial charge in [0, 0.05) is 17.9 Å². The van der Waals surface area contributed by atoms with Crippen LogP contribution < -0.4 is 15.4 Å². The van der Waals surface area contributed by atoms with Gasteiger partial charge in [0.15, 0.2) is 6.61 Å². The molecule has 0 fully saturated rings. The van der Waals surface area contributed by atoms with Gasteiger partial charge in [-0.1, -0.05) is 35.9 Å². The van der Waals surface area contributed by atoms with E-state index in [0.29, 0.717) is 12.3 Å². The van der Waals surface area contributed by atoms with Gasteiger partial charge in [0.05, 0.1) is 9.50 Å². The molecule has 7 heteroatoms. The highest BCUT2D eigenvalue weighted by Gasteiger charge is 2.08. The molecule has 0 aliphatic carbocycles. The van der Waals surface area contributed by atoms with Gasteiger partial charge in [0.25, 0.3) is 5.91 Å². The number of carbonyl (C=O) groups is 1. The monoisotopic (exact) mass is 462 g/mol. The van der Waals surface area contributed by atoms with Crippen molar-refractivity contribution in [2.45, 2.75) is 6.54 Å². The summed E-state index contributed by atoms with van der Waals surface area (Å²) in [5.41, 5.74) is 2.42. The van der Waals surface area contributed by atoms with E-state index in [0.717, 1.165) is 21.4 Å². The van der Waals surface area contributed by atoms with Gasteiger partial charge in [-0.25, -0.2) is 4.39 Å². The average Bonchev–Trinajstić information content (AvgIpc) is 2.69. The summed E-state index contributed by atoms with van der Waals surface area (Å²) >= 11 is 9.24. The molecule has 3 rings (SSSR count). The number of hydrogen-bond donors (Lipinski definition) is 2. The lowest BCUT2D eigenvalue weighted by Gasteiger charge is -2.11. The summed E-state index contributed by atoms with van der Waals surface area (Å²) in [6.07, 6.45) is 0. The first kappa shape index (κ1) is 20.2. The van der Waals surface area contributed by atoms with Crippen LogP contribution in [0.2, 0.25) is 5.02 Å². The van der Waals surface area contributed by atoms with Gasteiger partial charge >= 0.3 is 0 Å². The van der Waals surface area contributed by atoms with Crippen LogP contribution >= 0.6 is 27.5 Å². The van der Waals surface area contributed by atoms with Gasteiger partial charge < -0.3 is 15.4 Å². The Morgan fingerprint density at radius 2 is 1.82 bits per heavy atom. The predicted octanol–water partition coefficient (Wildman–Crippen LogP) is 5.87. The minimum Gasteiger partial charge on any atom is -0.483 e. The molecule has 0 radical (unpaired) electrons. The van der Waals surface area contributed by atoms with Gasteiger partial charge in [-0.2, -0.15) is 0 Å². The Morgan fingerprint density at radius 3 is 2.54 bits per heavy atom. The molecule has 0 aromatic heterocycles. The molecule has 0 heterocycles. The molecule has 0 saturated carbocycles. The van der Waals surface area contributed by atoms with E-state index in [-0.39, 0.29) is 17.5 Å². The van der Waals surface area contributed by atoms with Crippen molar-refractivity contribution in [3.63, 3.8) is 0 Å². The van der Waals surface area contributed by atoms with E-state index in [2.05, 4.69) is 26.6 Å². The third-order valence-electron chi connectivity index (χ3n) is 3.83. The Labute approximate surface area is 175 Å². The van der Waals surface area contributed by atoms with Crippen LogP contribution in [0.25, 0.3) is 0 Å². The lowest BCUT2D eigenvalue weighted by Crippen LogP contribution is -2.20. The predicted molar refractivity (Wildman–Crippen MR) is 113 cm³/mol. The highest BCUT2D eigenvalue weighted by molar-refractivity contribution is 9.10. The van der Waals surface area contributed by atoms with E-state index >= 15 is 0 Å². The molecule has 3 aromatic carbocycles. The second-order valence-corrected chi connectivity index (χ2v) is 7.21. The van der Waals surface area contributed by atoms with Crippen LogP contribution in [-0.4, -0.2) is 12.5 Å². The third kappa shape index (κ3) is 5.71. The molecule has 2 N–H and O–H groups in total. The number of carbonyl (C=O) groups excluding carboxylic acids is 1. The summed E-state index contributed by atoms with van der Waals surface area (Å²) in [7, 11) is 0. The molecule has 3 aromatic rings. The number of anilines is 2. The molecule has 0 unspecified atom stereocenters. The summed E-state index contributed by atoms with van der Waals surface area (Å²) < 4.78 is 19.5. The van der Waals surface area contributed by atoms with E-state index in [1.54, 1.807) is 12.1 Å². The van der Waals surface area contributed by atoms with Crippen LogP contribution in [0.15, 0.2) is 71.2 Å². The van der Waals surface area contributed by atoms with Crippen LogP contribution in [0.4, 0.5) is 15.8 Å². The molecule has 0 aliphatic heterocycles. The van der Waals surface area contributed by atoms with Crippen molar-refractivity contribution in [2.24, 2.45) is 0 Å². The number of rotatable bonds is 7. The first-order chi connectivity index (χ1) is 13.5. The molecule has 0 spiro atoms. The maximum atomic E-state index is 13.2. The van der Waals surface area contributed by atoms with Gasteiger partial charge in [-0.15, -0.1) is 0 Å². The van der Waals surface area contributed by atoms with Crippen molar-refractivity contribution < 1.29 is 13.9 Å². The number of amides is 1. The largest absolute Gasteiger partial charge is 0.483 e. The van der Waals surface area contributed by atoms with Crippen LogP contribution in [-0.2, 0) is 11.3 Å². The van der Waals surface area contributed by atoms with Gasteiger partial charge in [-0.3, -0.25) is 4.79 Å². The standard InChI is InChI=1S/C21H17BrClFN2O2/c22-17-10-14(12-25-16-7-8-19(24)18(23)11-16)6-9-20(17)28-13-21(27)26-15-4-2-1-3-5-15/h1-11,25H,12-13H2,(H,26,27). The van der Waals surface area contributed by atoms with E-state index in [4.69, 9.17) is 16.3 Å². The number of nitrogens with one attached hydrogen (secondary N) is 2. The molecule has 4 nitrogen and oxygen atoms in total. The zero-order chi connectivity index (χ0) is 19.9. The van der Waals surface area contributed by atoms with Crippen molar-refractivity contribution in [2.75, 3.05) is 17.2 Å². The molecule has 1 amide bonds. The second-order valence-electron chi connectivity index (χ2n) is 5.95. The van der Waals surface area contributed by atoms with E-state index < -0.39 is 5.82 Å². The fourth-order valence-corrected chi connectivity index (χ4v) is 3.16. The van der Waals surface area contributed by atoms with Gasteiger partial charge in [0.2, 0.25) is 0 Å². The van der Waals surface area contributed by atoms with E-state index in [1.165, 1.54) is 12.1 Å². The van der Waals surface area contributed by atoms with Crippen LogP contribution in [0.1, 0.15) is 5.56 Å². The number of para-hydroxylation sites is 1. The van der Waals surface area contributed by atoms with Crippen LogP contribution in [0, 0.1) is 5.82 Å². The van der Waals surface area contributed by atoms with Crippen molar-refractivity contribution in [3.8, 4) is 5.75 Å². The normalized spacial score (nSPS) is 10.4. The number of ether oxygens (including phenoxy) is 1. The average molecular weight is 464 g/mol.